The summed E-state index contributed by atoms with van der Waals surface area (Å²) < 4.78 is 5.60. The summed E-state index contributed by atoms with van der Waals surface area (Å²) in [6, 6.07) is 8.60. The number of benzene rings is 1. The van der Waals surface area contributed by atoms with Crippen molar-refractivity contribution in [2.24, 2.45) is 0 Å². The maximum atomic E-state index is 12.3. The number of likely N-dealkylation sites (tertiary alicyclic amines) is 1. The molecule has 0 aliphatic carbocycles. The van der Waals surface area contributed by atoms with Crippen LogP contribution in [-0.4, -0.2) is 41.2 Å². The molecule has 1 saturated heterocycles. The van der Waals surface area contributed by atoms with E-state index in [1.807, 2.05) is 6.07 Å². The second-order valence-corrected chi connectivity index (χ2v) is 4.91. The Morgan fingerprint density at radius 3 is 2.85 bits per heavy atom. The lowest BCUT2D eigenvalue weighted by Gasteiger charge is -2.26. The predicted molar refractivity (Wildman–Crippen MR) is 73.1 cm³/mol. The van der Waals surface area contributed by atoms with Gasteiger partial charge < -0.3 is 14.7 Å². The van der Waals surface area contributed by atoms with Gasteiger partial charge in [0.05, 0.1) is 24.3 Å². The average Bonchev–Trinajstić information content (AvgIpc) is 2.95. The number of aliphatic hydroxyl groups is 1. The molecule has 1 unspecified atom stereocenters. The third-order valence-electron chi connectivity index (χ3n) is 3.52. The molecule has 20 heavy (non-hydrogen) atoms. The Labute approximate surface area is 118 Å². The first-order chi connectivity index (χ1) is 9.65. The van der Waals surface area contributed by atoms with E-state index in [1.54, 1.807) is 36.1 Å². The SMILES string of the molecule is CC(Oc1ccc(C#N)cc1)C(=O)N1CCC[C@@H]1CO. The van der Waals surface area contributed by atoms with Crippen molar-refractivity contribution in [2.45, 2.75) is 31.9 Å². The van der Waals surface area contributed by atoms with Crippen LogP contribution in [0.2, 0.25) is 0 Å². The van der Waals surface area contributed by atoms with Gasteiger partial charge in [-0.05, 0) is 44.0 Å². The number of hydrogen-bond donors (Lipinski definition) is 1. The van der Waals surface area contributed by atoms with Crippen LogP contribution in [0.15, 0.2) is 24.3 Å². The Morgan fingerprint density at radius 2 is 2.25 bits per heavy atom. The van der Waals surface area contributed by atoms with Crippen molar-refractivity contribution in [1.82, 2.24) is 4.90 Å². The van der Waals surface area contributed by atoms with Crippen LogP contribution in [0.3, 0.4) is 0 Å². The number of nitriles is 1. The number of ether oxygens (including phenoxy) is 1. The third kappa shape index (κ3) is 3.09. The molecule has 0 saturated carbocycles. The molecule has 1 aromatic rings. The van der Waals surface area contributed by atoms with Crippen LogP contribution in [0.5, 0.6) is 5.75 Å². The summed E-state index contributed by atoms with van der Waals surface area (Å²) in [6.07, 6.45) is 1.15. The lowest BCUT2D eigenvalue weighted by molar-refractivity contribution is -0.139. The van der Waals surface area contributed by atoms with E-state index < -0.39 is 6.10 Å². The number of aliphatic hydroxyl groups excluding tert-OH is 1. The second-order valence-electron chi connectivity index (χ2n) is 4.91. The maximum absolute atomic E-state index is 12.3. The van der Waals surface area contributed by atoms with Crippen LogP contribution >= 0.6 is 0 Å². The molecular weight excluding hydrogens is 256 g/mol. The Kier molecular flexibility index (Phi) is 4.59. The van der Waals surface area contributed by atoms with Crippen LogP contribution < -0.4 is 4.74 Å². The third-order valence-corrected chi connectivity index (χ3v) is 3.52. The van der Waals surface area contributed by atoms with Crippen LogP contribution in [0, 0.1) is 11.3 Å². The van der Waals surface area contributed by atoms with Crippen LogP contribution in [0.4, 0.5) is 0 Å². The minimum Gasteiger partial charge on any atom is -0.481 e. The molecule has 1 aliphatic heterocycles. The van der Waals surface area contributed by atoms with Crippen LogP contribution in [-0.2, 0) is 4.79 Å². The minimum absolute atomic E-state index is 0.00464. The first-order valence-corrected chi connectivity index (χ1v) is 6.74. The van der Waals surface area contributed by atoms with Crippen LogP contribution in [0.25, 0.3) is 0 Å². The first-order valence-electron chi connectivity index (χ1n) is 6.74. The highest BCUT2D eigenvalue weighted by molar-refractivity contribution is 5.81. The fourth-order valence-electron chi connectivity index (χ4n) is 2.41. The van der Waals surface area contributed by atoms with Gasteiger partial charge in [0.2, 0.25) is 0 Å². The summed E-state index contributed by atoms with van der Waals surface area (Å²) in [5.41, 5.74) is 0.552. The highest BCUT2D eigenvalue weighted by atomic mass is 16.5. The summed E-state index contributed by atoms with van der Waals surface area (Å²) in [7, 11) is 0. The lowest BCUT2D eigenvalue weighted by Crippen LogP contribution is -2.44. The monoisotopic (exact) mass is 274 g/mol. The smallest absolute Gasteiger partial charge is 0.263 e. The van der Waals surface area contributed by atoms with Crippen LogP contribution in [0.1, 0.15) is 25.3 Å². The average molecular weight is 274 g/mol. The van der Waals surface area contributed by atoms with Gasteiger partial charge >= 0.3 is 0 Å². The van der Waals surface area contributed by atoms with E-state index >= 15 is 0 Å². The molecule has 1 fully saturated rings. The van der Waals surface area contributed by atoms with E-state index in [1.165, 1.54) is 0 Å². The van der Waals surface area contributed by atoms with Gasteiger partial charge in [-0.2, -0.15) is 5.26 Å². The molecule has 1 heterocycles. The number of rotatable bonds is 4. The zero-order valence-corrected chi connectivity index (χ0v) is 11.5. The molecule has 1 N–H and O–H groups in total. The second kappa shape index (κ2) is 6.40. The molecule has 0 spiro atoms. The minimum atomic E-state index is -0.602. The summed E-state index contributed by atoms with van der Waals surface area (Å²) in [5.74, 6) is 0.454. The highest BCUT2D eigenvalue weighted by Gasteiger charge is 2.31. The summed E-state index contributed by atoms with van der Waals surface area (Å²) in [5, 5.41) is 18.0. The van der Waals surface area contributed by atoms with Crippen molar-refractivity contribution in [3.05, 3.63) is 29.8 Å². The molecule has 2 rings (SSSR count). The fraction of sp³-hybridized carbons (Fsp3) is 0.467. The molecule has 0 bridgehead atoms. The Bertz CT molecular complexity index is 507. The molecule has 0 aromatic heterocycles. The summed E-state index contributed by atoms with van der Waals surface area (Å²) in [4.78, 5) is 14.0. The molecule has 0 radical (unpaired) electrons. The molecule has 106 valence electrons. The number of nitrogens with zero attached hydrogens (tertiary/aromatic N) is 2. The van der Waals surface area contributed by atoms with Crippen molar-refractivity contribution in [3.8, 4) is 11.8 Å². The summed E-state index contributed by atoms with van der Waals surface area (Å²) >= 11 is 0. The zero-order valence-electron chi connectivity index (χ0n) is 11.5. The number of carbonyl (C=O) groups is 1. The van der Waals surface area contributed by atoms with Gasteiger partial charge in [0.25, 0.3) is 5.91 Å². The molecular formula is C15H18N2O3. The van der Waals surface area contributed by atoms with E-state index in [2.05, 4.69) is 0 Å². The topological polar surface area (TPSA) is 73.6 Å². The molecule has 5 heteroatoms. The molecule has 1 aromatic carbocycles. The Hall–Kier alpha value is -2.06. The normalized spacial score (nSPS) is 19.4. The van der Waals surface area contributed by atoms with Gasteiger partial charge in [0.15, 0.2) is 6.10 Å². The Morgan fingerprint density at radius 1 is 1.55 bits per heavy atom. The predicted octanol–water partition coefficient (Wildman–Crippen LogP) is 1.31. The van der Waals surface area contributed by atoms with E-state index in [0.717, 1.165) is 12.8 Å². The van der Waals surface area contributed by atoms with E-state index in [-0.39, 0.29) is 18.6 Å². The van der Waals surface area contributed by atoms with Gasteiger partial charge in [-0.15, -0.1) is 0 Å². The van der Waals surface area contributed by atoms with Crippen molar-refractivity contribution in [3.63, 3.8) is 0 Å². The zero-order chi connectivity index (χ0) is 14.5. The van der Waals surface area contributed by atoms with E-state index in [0.29, 0.717) is 17.9 Å². The van der Waals surface area contributed by atoms with Crippen molar-refractivity contribution >= 4 is 5.91 Å². The number of carbonyl (C=O) groups excluding carboxylic acids is 1. The highest BCUT2D eigenvalue weighted by Crippen LogP contribution is 2.20. The summed E-state index contributed by atoms with van der Waals surface area (Å²) in [6.45, 7) is 2.37. The molecule has 2 atom stereocenters. The van der Waals surface area contributed by atoms with Crippen molar-refractivity contribution < 1.29 is 14.6 Å². The number of hydrogen-bond acceptors (Lipinski definition) is 4. The molecule has 1 aliphatic rings. The van der Waals surface area contributed by atoms with Gasteiger partial charge in [0.1, 0.15) is 5.75 Å². The standard InChI is InChI=1S/C15H18N2O3/c1-11(15(19)17-8-2-3-13(17)10-18)20-14-6-4-12(9-16)5-7-14/h4-7,11,13,18H,2-3,8,10H2,1H3/t11?,13-/m1/s1. The van der Waals surface area contributed by atoms with Crippen molar-refractivity contribution in [2.75, 3.05) is 13.2 Å². The quantitative estimate of drug-likeness (QED) is 0.898. The van der Waals surface area contributed by atoms with Gasteiger partial charge in [-0.1, -0.05) is 0 Å². The van der Waals surface area contributed by atoms with E-state index in [4.69, 9.17) is 10.00 Å². The molecule has 1 amide bonds. The van der Waals surface area contributed by atoms with Gasteiger partial charge in [-0.25, -0.2) is 0 Å². The number of amides is 1. The molecule has 5 nitrogen and oxygen atoms in total. The Balaban J connectivity index is 1.98. The maximum Gasteiger partial charge on any atom is 0.263 e. The van der Waals surface area contributed by atoms with E-state index in [9.17, 15) is 9.90 Å². The van der Waals surface area contributed by atoms with Crippen molar-refractivity contribution in [1.29, 1.82) is 5.26 Å². The fourth-order valence-corrected chi connectivity index (χ4v) is 2.41. The lowest BCUT2D eigenvalue weighted by atomic mass is 10.2. The van der Waals surface area contributed by atoms with Gasteiger partial charge in [0, 0.05) is 6.54 Å². The largest absolute Gasteiger partial charge is 0.481 e. The van der Waals surface area contributed by atoms with Gasteiger partial charge in [-0.3, -0.25) is 4.79 Å². The first kappa shape index (κ1) is 14.4.